The van der Waals surface area contributed by atoms with E-state index in [-0.39, 0.29) is 34.3 Å². The number of unbranched alkanes of at least 4 members (excludes halogenated alkanes) is 34. The van der Waals surface area contributed by atoms with E-state index < -0.39 is 0 Å². The van der Waals surface area contributed by atoms with Crippen LogP contribution in [0.2, 0.25) is 0 Å². The highest BCUT2D eigenvalue weighted by molar-refractivity contribution is 6.40. The Bertz CT molecular complexity index is 1840. The van der Waals surface area contributed by atoms with E-state index in [0.717, 1.165) is 67.4 Å². The fourth-order valence-corrected chi connectivity index (χ4v) is 12.9. The predicted molar refractivity (Wildman–Crippen MR) is 338 cm³/mol. The largest absolute Gasteiger partial charge is 0.507 e. The molecule has 4 atom stereocenters. The third-order valence-corrected chi connectivity index (χ3v) is 17.8. The Labute approximate surface area is 486 Å². The summed E-state index contributed by atoms with van der Waals surface area (Å²) in [5, 5.41) is 32.6. The summed E-state index contributed by atoms with van der Waals surface area (Å²) < 4.78 is 6.50. The SMILES string of the molecule is CCCCCCCCCCCCCCCCCCCCc1cc(O)c([C@@H]2C=C(C)CC[C@@H]2C)c(O)c1.CCCCCCCCCCCCCCCCCCCCc1cc(O)c2c(c1)OC(C)(C)[C@H]1CCC(C)=C[C@@H]21.ClCCl. The van der Waals surface area contributed by atoms with Gasteiger partial charge in [-0.05, 0) is 120 Å². The minimum absolute atomic E-state index is 0.123. The minimum atomic E-state index is -0.187. The summed E-state index contributed by atoms with van der Waals surface area (Å²) >= 11 is 9.53. The van der Waals surface area contributed by atoms with Gasteiger partial charge in [0.2, 0.25) is 0 Å². The van der Waals surface area contributed by atoms with E-state index >= 15 is 0 Å². The second-order valence-electron chi connectivity index (χ2n) is 25.1. The summed E-state index contributed by atoms with van der Waals surface area (Å²) in [6, 6.07) is 8.03. The van der Waals surface area contributed by atoms with E-state index in [2.05, 4.69) is 66.7 Å². The quantitative estimate of drug-likeness (QED) is 0.0354. The second kappa shape index (κ2) is 42.5. The van der Waals surface area contributed by atoms with Crippen molar-refractivity contribution >= 4 is 23.2 Å². The van der Waals surface area contributed by atoms with Crippen LogP contribution in [0, 0.1) is 11.8 Å². The highest BCUT2D eigenvalue weighted by Gasteiger charge is 2.45. The molecular weight excluding hydrogens is 988 g/mol. The van der Waals surface area contributed by atoms with Gasteiger partial charge in [0.25, 0.3) is 0 Å². The molecule has 1 heterocycles. The van der Waals surface area contributed by atoms with Gasteiger partial charge in [0.05, 0.1) is 5.34 Å². The lowest BCUT2D eigenvalue weighted by atomic mass is 9.68. The van der Waals surface area contributed by atoms with Crippen LogP contribution in [0.4, 0.5) is 0 Å². The monoisotopic (exact) mass is 1110 g/mol. The number of aromatic hydroxyl groups is 3. The van der Waals surface area contributed by atoms with Crippen LogP contribution in [0.25, 0.3) is 0 Å². The molecule has 2 aromatic rings. The zero-order valence-corrected chi connectivity index (χ0v) is 52.7. The molecule has 0 amide bonds. The standard InChI is InChI=1S/C36H60O2.C34H58O2.CH2Cl2/c1-5-6-7-8-9-10-11-12-13-14-15-16-17-18-19-20-21-22-23-30-27-33(37)35-31-26-29(2)24-25-32(31)36(3,4)38-34(35)28-30;1-4-5-6-7-8-9-10-11-12-13-14-15-16-17-18-19-20-21-22-30-26-32(35)34(33(36)27-30)31-25-28(2)23-24-29(31)3;2-1-3/h26-28,31-32,37H,5-25H2,1-4H3;25-27,29,31,35-36H,4-24H2,1-3H3;1H2/t31-,32+;29-,31+;/m10./s1. The Morgan fingerprint density at radius 3 is 1.10 bits per heavy atom. The number of phenolic OH excluding ortho intramolecular Hbond substituents is 3. The molecule has 4 nitrogen and oxygen atoms in total. The first kappa shape index (κ1) is 69.0. The molecule has 0 aromatic heterocycles. The van der Waals surface area contributed by atoms with Crippen LogP contribution in [0.5, 0.6) is 23.0 Å². The summed E-state index contributed by atoms with van der Waals surface area (Å²) in [5.41, 5.74) is 6.65. The van der Waals surface area contributed by atoms with Crippen LogP contribution in [0.3, 0.4) is 0 Å². The van der Waals surface area contributed by atoms with Crippen LogP contribution in [-0.2, 0) is 12.8 Å². The van der Waals surface area contributed by atoms with Crippen molar-refractivity contribution in [3.8, 4) is 23.0 Å². The maximum absolute atomic E-state index is 11.0. The molecule has 0 unspecified atom stereocenters. The smallest absolute Gasteiger partial charge is 0.127 e. The minimum Gasteiger partial charge on any atom is -0.507 e. The van der Waals surface area contributed by atoms with E-state index in [1.807, 2.05) is 18.2 Å². The van der Waals surface area contributed by atoms with E-state index in [9.17, 15) is 15.3 Å². The highest BCUT2D eigenvalue weighted by atomic mass is 35.5. The molecule has 77 heavy (non-hydrogen) atoms. The number of halogens is 2. The number of hydrogen-bond acceptors (Lipinski definition) is 4. The zero-order valence-electron chi connectivity index (χ0n) is 51.2. The van der Waals surface area contributed by atoms with Crippen molar-refractivity contribution < 1.29 is 20.1 Å². The van der Waals surface area contributed by atoms with Crippen LogP contribution < -0.4 is 4.74 Å². The van der Waals surface area contributed by atoms with E-state index in [1.54, 1.807) is 0 Å². The molecule has 3 aliphatic rings. The molecule has 0 spiro atoms. The third-order valence-electron chi connectivity index (χ3n) is 17.8. The fourth-order valence-electron chi connectivity index (χ4n) is 12.9. The Morgan fingerprint density at radius 1 is 0.442 bits per heavy atom. The normalized spacial score (nSPS) is 18.5. The van der Waals surface area contributed by atoms with E-state index in [1.165, 1.54) is 241 Å². The summed E-state index contributed by atoms with van der Waals surface area (Å²) in [7, 11) is 0. The van der Waals surface area contributed by atoms with Crippen LogP contribution >= 0.6 is 23.2 Å². The van der Waals surface area contributed by atoms with Gasteiger partial charge in [-0.15, -0.1) is 23.2 Å². The fraction of sp³-hybridized carbons (Fsp3) is 0.775. The first-order valence-corrected chi connectivity index (χ1v) is 34.0. The number of allylic oxidation sites excluding steroid dienone is 4. The summed E-state index contributed by atoms with van der Waals surface area (Å²) in [5.74, 6) is 3.19. The number of fused-ring (bicyclic) bond motifs is 3. The lowest BCUT2D eigenvalue weighted by Gasteiger charge is -2.46. The molecule has 442 valence electrons. The molecule has 2 aromatic carbocycles. The maximum atomic E-state index is 11.0. The molecule has 0 saturated carbocycles. The molecule has 1 aliphatic heterocycles. The number of aryl methyl sites for hydroxylation is 2. The van der Waals surface area contributed by atoms with Crippen molar-refractivity contribution in [2.45, 2.75) is 336 Å². The number of benzene rings is 2. The topological polar surface area (TPSA) is 69.9 Å². The lowest BCUT2D eigenvalue weighted by molar-refractivity contribution is 0.0107. The molecular formula is C71H120Cl2O4. The first-order valence-electron chi connectivity index (χ1n) is 32.9. The molecule has 5 rings (SSSR count). The van der Waals surface area contributed by atoms with Crippen LogP contribution in [0.1, 0.15) is 339 Å². The van der Waals surface area contributed by atoms with Gasteiger partial charge < -0.3 is 20.1 Å². The lowest BCUT2D eigenvalue weighted by Crippen LogP contribution is -2.45. The van der Waals surface area contributed by atoms with E-state index in [0.29, 0.717) is 17.6 Å². The molecule has 0 bridgehead atoms. The molecule has 2 aliphatic carbocycles. The van der Waals surface area contributed by atoms with Gasteiger partial charge in [0.1, 0.15) is 28.6 Å². The number of hydrogen-bond donors (Lipinski definition) is 3. The molecule has 3 N–H and O–H groups in total. The molecule has 0 fully saturated rings. The van der Waals surface area contributed by atoms with Crippen molar-refractivity contribution in [1.82, 2.24) is 0 Å². The summed E-state index contributed by atoms with van der Waals surface area (Å²) in [6.45, 7) is 15.6. The summed E-state index contributed by atoms with van der Waals surface area (Å²) in [4.78, 5) is 0. The van der Waals surface area contributed by atoms with Crippen molar-refractivity contribution in [1.29, 1.82) is 0 Å². The number of alkyl halides is 2. The molecule has 6 heteroatoms. The van der Waals surface area contributed by atoms with Gasteiger partial charge in [-0.3, -0.25) is 0 Å². The Hall–Kier alpha value is -2.30. The first-order chi connectivity index (χ1) is 37.4. The zero-order chi connectivity index (χ0) is 55.9. The van der Waals surface area contributed by atoms with Crippen molar-refractivity contribution in [3.05, 3.63) is 69.8 Å². The maximum Gasteiger partial charge on any atom is 0.127 e. The number of ether oxygens (including phenoxy) is 1. The van der Waals surface area contributed by atoms with Gasteiger partial charge >= 0.3 is 0 Å². The second-order valence-corrected chi connectivity index (χ2v) is 25.9. The van der Waals surface area contributed by atoms with E-state index in [4.69, 9.17) is 27.9 Å². The Balaban J connectivity index is 0.000000386. The van der Waals surface area contributed by atoms with Gasteiger partial charge in [-0.25, -0.2) is 0 Å². The third kappa shape index (κ3) is 28.8. The van der Waals surface area contributed by atoms with Crippen molar-refractivity contribution in [2.75, 3.05) is 5.34 Å². The van der Waals surface area contributed by atoms with Gasteiger partial charge in [-0.1, -0.05) is 262 Å². The van der Waals surface area contributed by atoms with Crippen molar-refractivity contribution in [2.24, 2.45) is 11.8 Å². The Morgan fingerprint density at radius 2 is 0.740 bits per heavy atom. The predicted octanol–water partition coefficient (Wildman–Crippen LogP) is 24.2. The van der Waals surface area contributed by atoms with Crippen molar-refractivity contribution in [3.63, 3.8) is 0 Å². The highest BCUT2D eigenvalue weighted by Crippen LogP contribution is 2.53. The summed E-state index contributed by atoms with van der Waals surface area (Å²) in [6.07, 6.45) is 61.4. The number of rotatable bonds is 39. The Kier molecular flexibility index (Phi) is 38.1. The number of phenols is 3. The van der Waals surface area contributed by atoms with Crippen LogP contribution in [0.15, 0.2) is 47.6 Å². The van der Waals surface area contributed by atoms with Gasteiger partial charge in [0.15, 0.2) is 0 Å². The molecule has 0 radical (unpaired) electrons. The van der Waals surface area contributed by atoms with Crippen LogP contribution in [-0.4, -0.2) is 26.3 Å². The average molecular weight is 1110 g/mol. The molecule has 0 saturated heterocycles. The van der Waals surface area contributed by atoms with Gasteiger partial charge in [0, 0.05) is 28.9 Å². The van der Waals surface area contributed by atoms with Gasteiger partial charge in [-0.2, -0.15) is 0 Å². The average Bonchev–Trinajstić information content (AvgIpc) is 3.43.